The second-order valence-corrected chi connectivity index (χ2v) is 8.71. The number of carbonyl (C=O) groups excluding carboxylic acids is 2. The van der Waals surface area contributed by atoms with Gasteiger partial charge in [0.15, 0.2) is 0 Å². The molecule has 3 heterocycles. The Balaban J connectivity index is 1.32. The number of hydrogen-bond donors (Lipinski definition) is 1. The van der Waals surface area contributed by atoms with Gasteiger partial charge in [-0.25, -0.2) is 0 Å². The van der Waals surface area contributed by atoms with Crippen LogP contribution >= 0.6 is 0 Å². The lowest BCUT2D eigenvalue weighted by Crippen LogP contribution is -2.40. The fraction of sp³-hybridized carbons (Fsp3) is 0.542. The predicted octanol–water partition coefficient (Wildman–Crippen LogP) is 3.03. The van der Waals surface area contributed by atoms with Crippen molar-refractivity contribution in [1.29, 1.82) is 0 Å². The molecule has 1 aromatic heterocycles. The summed E-state index contributed by atoms with van der Waals surface area (Å²) >= 11 is 0. The molecular weight excluding hydrogens is 408 g/mol. The number of piperidine rings is 1. The summed E-state index contributed by atoms with van der Waals surface area (Å²) in [4.78, 5) is 27.4. The molecule has 2 amide bonds. The van der Waals surface area contributed by atoms with E-state index in [-0.39, 0.29) is 17.9 Å². The lowest BCUT2D eigenvalue weighted by atomic mass is 9.91. The monoisotopic (exact) mass is 440 g/mol. The van der Waals surface area contributed by atoms with Crippen molar-refractivity contribution in [3.8, 4) is 5.75 Å². The minimum atomic E-state index is -0.164. The molecule has 0 saturated carbocycles. The number of methoxy groups -OCH3 is 1. The van der Waals surface area contributed by atoms with Crippen molar-refractivity contribution < 1.29 is 19.1 Å². The van der Waals surface area contributed by atoms with Crippen LogP contribution in [0, 0.1) is 5.92 Å². The topological polar surface area (TPSA) is 85.7 Å². The summed E-state index contributed by atoms with van der Waals surface area (Å²) in [6.07, 6.45) is 7.00. The second kappa shape index (κ2) is 10.2. The number of ether oxygens (including phenoxy) is 2. The summed E-state index contributed by atoms with van der Waals surface area (Å²) in [6, 6.07) is 7.26. The molecule has 0 bridgehead atoms. The number of hydrogen-bond acceptors (Lipinski definition) is 5. The molecule has 172 valence electrons. The third-order valence-electron chi connectivity index (χ3n) is 6.37. The molecule has 32 heavy (non-hydrogen) atoms. The third-order valence-corrected chi connectivity index (χ3v) is 6.37. The molecular formula is C24H32N4O4. The highest BCUT2D eigenvalue weighted by Crippen LogP contribution is 2.25. The molecule has 0 spiro atoms. The molecule has 4 rings (SSSR count). The van der Waals surface area contributed by atoms with Crippen LogP contribution < -0.4 is 10.1 Å². The van der Waals surface area contributed by atoms with E-state index in [1.165, 1.54) is 0 Å². The molecule has 2 fully saturated rings. The van der Waals surface area contributed by atoms with Crippen molar-refractivity contribution in [3.05, 3.63) is 41.7 Å². The van der Waals surface area contributed by atoms with Gasteiger partial charge in [-0.2, -0.15) is 5.10 Å². The number of aryl methyl sites for hydroxylation is 1. The molecule has 1 atom stereocenters. The van der Waals surface area contributed by atoms with Crippen LogP contribution in [0.3, 0.4) is 0 Å². The summed E-state index contributed by atoms with van der Waals surface area (Å²) in [7, 11) is 3.44. The number of amides is 2. The zero-order valence-corrected chi connectivity index (χ0v) is 18.9. The molecule has 0 radical (unpaired) electrons. The van der Waals surface area contributed by atoms with Gasteiger partial charge < -0.3 is 19.7 Å². The average Bonchev–Trinajstić information content (AvgIpc) is 3.44. The zero-order valence-electron chi connectivity index (χ0n) is 18.9. The van der Waals surface area contributed by atoms with E-state index in [2.05, 4.69) is 10.4 Å². The van der Waals surface area contributed by atoms with E-state index in [9.17, 15) is 9.59 Å². The lowest BCUT2D eigenvalue weighted by Gasteiger charge is -2.32. The quantitative estimate of drug-likeness (QED) is 0.715. The smallest absolute Gasteiger partial charge is 0.259 e. The van der Waals surface area contributed by atoms with Crippen LogP contribution in [0.1, 0.15) is 48.2 Å². The standard InChI is InChI=1S/C24H32N4O4/c1-27-16-21(24(30)25-18-5-7-19(31-2)8-6-18)22(26-27)14-17-9-11-28(12-10-17)23(29)15-20-4-3-13-32-20/h5-8,16-17,20H,3-4,9-15H2,1-2H3,(H,25,30). The number of rotatable bonds is 7. The fourth-order valence-electron chi connectivity index (χ4n) is 4.54. The molecule has 0 aliphatic carbocycles. The van der Waals surface area contributed by atoms with Crippen LogP contribution in [-0.4, -0.2) is 59.4 Å². The predicted molar refractivity (Wildman–Crippen MR) is 121 cm³/mol. The minimum Gasteiger partial charge on any atom is -0.497 e. The van der Waals surface area contributed by atoms with Crippen molar-refractivity contribution in [2.45, 2.75) is 44.6 Å². The summed E-state index contributed by atoms with van der Waals surface area (Å²) in [5, 5.41) is 7.50. The molecule has 2 aliphatic rings. The summed E-state index contributed by atoms with van der Waals surface area (Å²) in [6.45, 7) is 2.30. The van der Waals surface area contributed by atoms with E-state index in [0.29, 0.717) is 23.6 Å². The van der Waals surface area contributed by atoms with E-state index in [0.717, 1.165) is 63.2 Å². The van der Waals surface area contributed by atoms with Crippen LogP contribution in [0.25, 0.3) is 0 Å². The summed E-state index contributed by atoms with van der Waals surface area (Å²) in [5.41, 5.74) is 2.12. The van der Waals surface area contributed by atoms with Crippen LogP contribution in [0.2, 0.25) is 0 Å². The zero-order chi connectivity index (χ0) is 22.5. The van der Waals surface area contributed by atoms with Gasteiger partial charge in [-0.05, 0) is 62.3 Å². The van der Waals surface area contributed by atoms with Gasteiger partial charge in [0.25, 0.3) is 5.91 Å². The molecule has 1 aromatic carbocycles. The van der Waals surface area contributed by atoms with Gasteiger partial charge in [-0.15, -0.1) is 0 Å². The highest BCUT2D eigenvalue weighted by molar-refractivity contribution is 6.05. The van der Waals surface area contributed by atoms with E-state index >= 15 is 0 Å². The van der Waals surface area contributed by atoms with Gasteiger partial charge in [0.05, 0.1) is 30.9 Å². The number of carbonyl (C=O) groups is 2. The van der Waals surface area contributed by atoms with Crippen LogP contribution in [0.5, 0.6) is 5.75 Å². The van der Waals surface area contributed by atoms with Crippen LogP contribution in [0.4, 0.5) is 5.69 Å². The number of nitrogens with one attached hydrogen (secondary N) is 1. The Labute approximate surface area is 188 Å². The van der Waals surface area contributed by atoms with E-state index in [4.69, 9.17) is 9.47 Å². The third kappa shape index (κ3) is 5.48. The van der Waals surface area contributed by atoms with Crippen LogP contribution in [0.15, 0.2) is 30.5 Å². The molecule has 8 heteroatoms. The second-order valence-electron chi connectivity index (χ2n) is 8.71. The van der Waals surface area contributed by atoms with E-state index in [1.807, 2.05) is 36.2 Å². The Morgan fingerprint density at radius 2 is 1.94 bits per heavy atom. The highest BCUT2D eigenvalue weighted by atomic mass is 16.5. The Morgan fingerprint density at radius 3 is 2.59 bits per heavy atom. The molecule has 1 N–H and O–H groups in total. The maximum atomic E-state index is 12.9. The Morgan fingerprint density at radius 1 is 1.19 bits per heavy atom. The Bertz CT molecular complexity index is 926. The van der Waals surface area contributed by atoms with Gasteiger partial charge in [-0.3, -0.25) is 14.3 Å². The molecule has 2 aromatic rings. The first-order chi connectivity index (χ1) is 15.5. The number of benzene rings is 1. The summed E-state index contributed by atoms with van der Waals surface area (Å²) < 4.78 is 12.5. The first kappa shape index (κ1) is 22.3. The molecule has 2 saturated heterocycles. The SMILES string of the molecule is COc1ccc(NC(=O)c2cn(C)nc2CC2CCN(C(=O)CC3CCCO3)CC2)cc1. The summed E-state index contributed by atoms with van der Waals surface area (Å²) in [5.74, 6) is 1.19. The highest BCUT2D eigenvalue weighted by Gasteiger charge is 2.28. The molecule has 8 nitrogen and oxygen atoms in total. The Hall–Kier alpha value is -2.87. The number of likely N-dealkylation sites (tertiary alicyclic amines) is 1. The fourth-order valence-corrected chi connectivity index (χ4v) is 4.54. The lowest BCUT2D eigenvalue weighted by molar-refractivity contribution is -0.134. The number of nitrogens with zero attached hydrogens (tertiary/aromatic N) is 3. The van der Waals surface area contributed by atoms with E-state index < -0.39 is 0 Å². The van der Waals surface area contributed by atoms with Gasteiger partial charge in [0.2, 0.25) is 5.91 Å². The first-order valence-corrected chi connectivity index (χ1v) is 11.4. The minimum absolute atomic E-state index is 0.0977. The van der Waals surface area contributed by atoms with Gasteiger partial charge >= 0.3 is 0 Å². The molecule has 1 unspecified atom stereocenters. The normalized spacial score (nSPS) is 19.2. The first-order valence-electron chi connectivity index (χ1n) is 11.4. The van der Waals surface area contributed by atoms with Crippen molar-refractivity contribution in [2.24, 2.45) is 13.0 Å². The average molecular weight is 441 g/mol. The Kier molecular flexibility index (Phi) is 7.09. The van der Waals surface area contributed by atoms with Crippen molar-refractivity contribution in [3.63, 3.8) is 0 Å². The largest absolute Gasteiger partial charge is 0.497 e. The van der Waals surface area contributed by atoms with Gasteiger partial charge in [0.1, 0.15) is 5.75 Å². The number of aromatic nitrogens is 2. The molecule has 2 aliphatic heterocycles. The van der Waals surface area contributed by atoms with Crippen LogP contribution in [-0.2, 0) is 23.0 Å². The van der Waals surface area contributed by atoms with Gasteiger partial charge in [-0.1, -0.05) is 0 Å². The van der Waals surface area contributed by atoms with Crippen molar-refractivity contribution >= 4 is 17.5 Å². The van der Waals surface area contributed by atoms with E-state index in [1.54, 1.807) is 18.0 Å². The maximum absolute atomic E-state index is 12.9. The van der Waals surface area contributed by atoms with Gasteiger partial charge in [0, 0.05) is 38.6 Å². The number of anilines is 1. The van der Waals surface area contributed by atoms with Crippen molar-refractivity contribution in [2.75, 3.05) is 32.1 Å². The maximum Gasteiger partial charge on any atom is 0.259 e. The van der Waals surface area contributed by atoms with Crippen molar-refractivity contribution in [1.82, 2.24) is 14.7 Å².